The Bertz CT molecular complexity index is 488. The molecule has 0 bridgehead atoms. The summed E-state index contributed by atoms with van der Waals surface area (Å²) in [5, 5.41) is 1.73. The van der Waals surface area contributed by atoms with Gasteiger partial charge in [0.2, 0.25) is 0 Å². The van der Waals surface area contributed by atoms with Gasteiger partial charge >= 0.3 is 0 Å². The van der Waals surface area contributed by atoms with Crippen LogP contribution in [0.4, 0.5) is 5.82 Å². The van der Waals surface area contributed by atoms with Crippen LogP contribution in [0.1, 0.15) is 18.9 Å². The number of nitrogen functional groups attached to an aromatic ring is 1. The predicted octanol–water partition coefficient (Wildman–Crippen LogP) is 1.95. The molecule has 0 fully saturated rings. The van der Waals surface area contributed by atoms with E-state index in [-0.39, 0.29) is 0 Å². The van der Waals surface area contributed by atoms with Gasteiger partial charge in [-0.05, 0) is 24.2 Å². The average molecular weight is 247 g/mol. The van der Waals surface area contributed by atoms with Crippen molar-refractivity contribution in [2.75, 3.05) is 5.73 Å². The van der Waals surface area contributed by atoms with E-state index in [2.05, 4.69) is 26.9 Å². The van der Waals surface area contributed by atoms with Crippen molar-refractivity contribution >= 4 is 17.6 Å². The van der Waals surface area contributed by atoms with E-state index < -0.39 is 0 Å². The van der Waals surface area contributed by atoms with E-state index in [0.717, 1.165) is 28.5 Å². The second-order valence-corrected chi connectivity index (χ2v) is 4.45. The lowest BCUT2D eigenvalue weighted by molar-refractivity contribution is 0.860. The minimum absolute atomic E-state index is 0.554. The van der Waals surface area contributed by atoms with Crippen LogP contribution in [0, 0.1) is 0 Å². The van der Waals surface area contributed by atoms with Gasteiger partial charge in [0.05, 0.1) is 0 Å². The molecule has 0 radical (unpaired) electrons. The molecule has 6 heteroatoms. The molecule has 2 N–H and O–H groups in total. The van der Waals surface area contributed by atoms with E-state index in [1.165, 1.54) is 24.4 Å². The average Bonchev–Trinajstić information content (AvgIpc) is 2.35. The fourth-order valence-corrected chi connectivity index (χ4v) is 2.28. The molecule has 0 aromatic carbocycles. The minimum atomic E-state index is 0.554. The molecule has 88 valence electrons. The third-order valence-corrected chi connectivity index (χ3v) is 3.19. The van der Waals surface area contributed by atoms with Crippen LogP contribution in [0.25, 0.3) is 0 Å². The summed E-state index contributed by atoms with van der Waals surface area (Å²) in [4.78, 5) is 16.3. The van der Waals surface area contributed by atoms with Crippen molar-refractivity contribution in [2.24, 2.45) is 0 Å². The number of anilines is 1. The second kappa shape index (κ2) is 5.58. The lowest BCUT2D eigenvalue weighted by atomic mass is 10.2. The third-order valence-electron chi connectivity index (χ3n) is 2.20. The summed E-state index contributed by atoms with van der Waals surface area (Å²) in [5.41, 5.74) is 6.86. The molecule has 0 saturated carbocycles. The molecule has 0 spiro atoms. The molecule has 2 aromatic rings. The van der Waals surface area contributed by atoms with Gasteiger partial charge in [-0.3, -0.25) is 0 Å². The first kappa shape index (κ1) is 11.8. The fraction of sp³-hybridized carbons (Fsp3) is 0.273. The number of hydrogen-bond acceptors (Lipinski definition) is 6. The van der Waals surface area contributed by atoms with Crippen LogP contribution in [0.15, 0.2) is 35.0 Å². The third kappa shape index (κ3) is 2.91. The van der Waals surface area contributed by atoms with Crippen LogP contribution >= 0.6 is 11.8 Å². The molecule has 0 aliphatic rings. The number of nitrogens with zero attached hydrogens (tertiary/aromatic N) is 4. The fourth-order valence-electron chi connectivity index (χ4n) is 1.42. The highest BCUT2D eigenvalue weighted by molar-refractivity contribution is 7.99. The summed E-state index contributed by atoms with van der Waals surface area (Å²) >= 11 is 1.49. The minimum Gasteiger partial charge on any atom is -0.383 e. The summed E-state index contributed by atoms with van der Waals surface area (Å²) in [6.07, 6.45) is 6.60. The molecule has 0 amide bonds. The molecule has 0 aliphatic carbocycles. The van der Waals surface area contributed by atoms with Gasteiger partial charge in [-0.25, -0.2) is 19.9 Å². The summed E-state index contributed by atoms with van der Waals surface area (Å²) in [7, 11) is 0. The number of hydrogen-bond donors (Lipinski definition) is 1. The maximum absolute atomic E-state index is 5.86. The molecule has 0 atom stereocenters. The zero-order valence-electron chi connectivity index (χ0n) is 9.50. The van der Waals surface area contributed by atoms with E-state index in [0.29, 0.717) is 5.82 Å². The van der Waals surface area contributed by atoms with Gasteiger partial charge in [-0.15, -0.1) is 0 Å². The number of rotatable bonds is 4. The highest BCUT2D eigenvalue weighted by Crippen LogP contribution is 2.29. The summed E-state index contributed by atoms with van der Waals surface area (Å²) in [6.45, 7) is 2.10. The van der Waals surface area contributed by atoms with Crippen molar-refractivity contribution in [2.45, 2.75) is 29.8 Å². The van der Waals surface area contributed by atoms with Crippen molar-refractivity contribution in [1.29, 1.82) is 0 Å². The summed E-state index contributed by atoms with van der Waals surface area (Å²) < 4.78 is 0. The Morgan fingerprint density at radius 3 is 2.82 bits per heavy atom. The van der Waals surface area contributed by atoms with Crippen LogP contribution in [0.2, 0.25) is 0 Å². The molecular formula is C11H13N5S. The number of nitrogens with two attached hydrogens (primary N) is 1. The van der Waals surface area contributed by atoms with Crippen LogP contribution in [-0.2, 0) is 6.42 Å². The molecule has 17 heavy (non-hydrogen) atoms. The van der Waals surface area contributed by atoms with Crippen LogP contribution < -0.4 is 5.73 Å². The molecular weight excluding hydrogens is 234 g/mol. The first-order chi connectivity index (χ1) is 8.31. The number of aromatic nitrogens is 4. The molecule has 5 nitrogen and oxygen atoms in total. The van der Waals surface area contributed by atoms with Gasteiger partial charge in [-0.1, -0.05) is 13.3 Å². The summed E-state index contributed by atoms with van der Waals surface area (Å²) in [5.74, 6) is 0.554. The summed E-state index contributed by atoms with van der Waals surface area (Å²) in [6, 6.07) is 1.85. The predicted molar refractivity (Wildman–Crippen MR) is 66.6 cm³/mol. The van der Waals surface area contributed by atoms with Gasteiger partial charge in [0.15, 0.2) is 0 Å². The lowest BCUT2D eigenvalue weighted by Gasteiger charge is -2.08. The molecule has 2 rings (SSSR count). The zero-order valence-corrected chi connectivity index (χ0v) is 10.3. The molecule has 0 saturated heterocycles. The van der Waals surface area contributed by atoms with Gasteiger partial charge < -0.3 is 5.73 Å². The normalized spacial score (nSPS) is 10.4. The van der Waals surface area contributed by atoms with E-state index in [4.69, 9.17) is 5.73 Å². The Morgan fingerprint density at radius 1 is 1.24 bits per heavy atom. The highest BCUT2D eigenvalue weighted by atomic mass is 32.2. The van der Waals surface area contributed by atoms with Gasteiger partial charge in [0.1, 0.15) is 28.5 Å². The van der Waals surface area contributed by atoms with Crippen molar-refractivity contribution in [1.82, 2.24) is 19.9 Å². The Hall–Kier alpha value is -1.69. The largest absolute Gasteiger partial charge is 0.383 e. The first-order valence-corrected chi connectivity index (χ1v) is 6.16. The second-order valence-electron chi connectivity index (χ2n) is 3.44. The molecule has 0 aliphatic heterocycles. The van der Waals surface area contributed by atoms with Gasteiger partial charge in [0.25, 0.3) is 0 Å². The monoisotopic (exact) mass is 247 g/mol. The Kier molecular flexibility index (Phi) is 3.87. The lowest BCUT2D eigenvalue weighted by Crippen LogP contribution is -2.01. The quantitative estimate of drug-likeness (QED) is 0.832. The Balaban J connectivity index is 2.29. The van der Waals surface area contributed by atoms with Crippen molar-refractivity contribution in [3.05, 3.63) is 30.5 Å². The van der Waals surface area contributed by atoms with E-state index in [1.807, 2.05) is 6.07 Å². The maximum Gasteiger partial charge on any atom is 0.131 e. The standard InChI is InChI=1S/C11H13N5S/c1-2-3-8-10(12)15-7-16-11(8)17-9-4-5-13-6-14-9/h4-7H,2-3H2,1H3,(H2,12,15,16). The van der Waals surface area contributed by atoms with Gasteiger partial charge in [0, 0.05) is 11.8 Å². The zero-order chi connectivity index (χ0) is 12.1. The van der Waals surface area contributed by atoms with E-state index in [1.54, 1.807) is 6.20 Å². The molecule has 0 unspecified atom stereocenters. The van der Waals surface area contributed by atoms with E-state index >= 15 is 0 Å². The molecule has 2 aromatic heterocycles. The topological polar surface area (TPSA) is 77.6 Å². The maximum atomic E-state index is 5.86. The smallest absolute Gasteiger partial charge is 0.131 e. The Labute approximate surface area is 104 Å². The molecule has 2 heterocycles. The first-order valence-electron chi connectivity index (χ1n) is 5.34. The van der Waals surface area contributed by atoms with Crippen LogP contribution in [0.5, 0.6) is 0 Å². The van der Waals surface area contributed by atoms with Crippen molar-refractivity contribution in [3.63, 3.8) is 0 Å². The SMILES string of the molecule is CCCc1c(N)ncnc1Sc1ccncn1. The van der Waals surface area contributed by atoms with Crippen LogP contribution in [-0.4, -0.2) is 19.9 Å². The Morgan fingerprint density at radius 2 is 2.12 bits per heavy atom. The van der Waals surface area contributed by atoms with Gasteiger partial charge in [-0.2, -0.15) is 0 Å². The highest BCUT2D eigenvalue weighted by Gasteiger charge is 2.10. The van der Waals surface area contributed by atoms with Crippen LogP contribution in [0.3, 0.4) is 0 Å². The van der Waals surface area contributed by atoms with Crippen molar-refractivity contribution < 1.29 is 0 Å². The van der Waals surface area contributed by atoms with Crippen molar-refractivity contribution in [3.8, 4) is 0 Å². The van der Waals surface area contributed by atoms with E-state index in [9.17, 15) is 0 Å².